The van der Waals surface area contributed by atoms with Crippen molar-refractivity contribution in [3.8, 4) is 0 Å². The van der Waals surface area contributed by atoms with Crippen molar-refractivity contribution in [2.45, 2.75) is 32.2 Å². The average Bonchev–Trinajstić information content (AvgIpc) is 2.14. The lowest BCUT2D eigenvalue weighted by Crippen LogP contribution is -2.16. The molecule has 0 aromatic heterocycles. The molecule has 0 aliphatic heterocycles. The second kappa shape index (κ2) is 8.57. The lowest BCUT2D eigenvalue weighted by molar-refractivity contribution is 0.673. The summed E-state index contributed by atoms with van der Waals surface area (Å²) in [5.41, 5.74) is 6.92. The number of nitrogens with one attached hydrogen (secondary N) is 1. The van der Waals surface area contributed by atoms with Crippen LogP contribution in [-0.4, -0.2) is 13.1 Å². The van der Waals surface area contributed by atoms with Gasteiger partial charge < -0.3 is 11.1 Å². The third kappa shape index (κ3) is 9.07. The van der Waals surface area contributed by atoms with Gasteiger partial charge in [-0.2, -0.15) is 0 Å². The normalized spacial score (nSPS) is 13.6. The molecule has 0 saturated carbocycles. The van der Waals surface area contributed by atoms with Crippen molar-refractivity contribution in [3.05, 3.63) is 36.6 Å². The average molecular weight is 194 g/mol. The quantitative estimate of drug-likeness (QED) is 0.482. The van der Waals surface area contributed by atoms with Crippen molar-refractivity contribution in [3.63, 3.8) is 0 Å². The minimum absolute atomic E-state index is 0.162. The summed E-state index contributed by atoms with van der Waals surface area (Å²) in [6.45, 7) is 5.76. The minimum Gasteiger partial charge on any atom is -0.394 e. The molecule has 0 bridgehead atoms. The molecule has 0 aromatic carbocycles. The molecule has 2 heteroatoms. The van der Waals surface area contributed by atoms with Gasteiger partial charge in [0.05, 0.1) is 0 Å². The molecule has 0 aliphatic carbocycles. The van der Waals surface area contributed by atoms with Gasteiger partial charge in [0.1, 0.15) is 0 Å². The maximum Gasteiger partial charge on any atom is 0.0226 e. The molecule has 0 amide bonds. The zero-order valence-electron chi connectivity index (χ0n) is 9.29. The van der Waals surface area contributed by atoms with Gasteiger partial charge in [0.2, 0.25) is 0 Å². The summed E-state index contributed by atoms with van der Waals surface area (Å²) in [5.74, 6) is 0. The number of nitrogens with two attached hydrogens (primary N) is 1. The monoisotopic (exact) mass is 194 g/mol. The first-order chi connectivity index (χ1) is 6.66. The second-order valence-corrected chi connectivity index (χ2v) is 3.49. The summed E-state index contributed by atoms with van der Waals surface area (Å²) >= 11 is 0. The van der Waals surface area contributed by atoms with Crippen LogP contribution in [0.5, 0.6) is 0 Å². The Kier molecular flexibility index (Phi) is 7.95. The number of rotatable bonds is 7. The van der Waals surface area contributed by atoms with E-state index in [-0.39, 0.29) is 6.04 Å². The fourth-order valence-corrected chi connectivity index (χ4v) is 1.06. The molecule has 0 aliphatic rings. The molecular formula is C12H22N2. The van der Waals surface area contributed by atoms with Crippen LogP contribution in [0.25, 0.3) is 0 Å². The van der Waals surface area contributed by atoms with E-state index in [1.807, 2.05) is 32.3 Å². The van der Waals surface area contributed by atoms with E-state index in [2.05, 4.69) is 18.0 Å². The van der Waals surface area contributed by atoms with Crippen molar-refractivity contribution in [2.24, 2.45) is 5.73 Å². The van der Waals surface area contributed by atoms with Gasteiger partial charge in [0.25, 0.3) is 0 Å². The lowest BCUT2D eigenvalue weighted by Gasteiger charge is -2.04. The molecule has 2 nitrogen and oxygen atoms in total. The summed E-state index contributed by atoms with van der Waals surface area (Å²) in [5, 5.41) is 2.96. The minimum atomic E-state index is 0.162. The predicted molar refractivity (Wildman–Crippen MR) is 64.0 cm³/mol. The number of hydrogen-bond donors (Lipinski definition) is 2. The topological polar surface area (TPSA) is 38.0 Å². The maximum atomic E-state index is 5.87. The Bertz CT molecular complexity index is 204. The Labute approximate surface area is 87.6 Å². The third-order valence-corrected chi connectivity index (χ3v) is 1.82. The largest absolute Gasteiger partial charge is 0.394 e. The molecule has 80 valence electrons. The molecule has 0 fully saturated rings. The van der Waals surface area contributed by atoms with Gasteiger partial charge in [-0.25, -0.2) is 0 Å². The van der Waals surface area contributed by atoms with Crippen LogP contribution in [-0.2, 0) is 0 Å². The molecule has 0 aromatic rings. The van der Waals surface area contributed by atoms with Gasteiger partial charge in [0, 0.05) is 13.1 Å². The Hall–Kier alpha value is -1.02. The van der Waals surface area contributed by atoms with Crippen LogP contribution in [0.15, 0.2) is 36.6 Å². The van der Waals surface area contributed by atoms with E-state index in [1.54, 1.807) is 0 Å². The Morgan fingerprint density at radius 1 is 1.57 bits per heavy atom. The molecule has 0 heterocycles. The highest BCUT2D eigenvalue weighted by Crippen LogP contribution is 2.02. The lowest BCUT2D eigenvalue weighted by atomic mass is 10.1. The zero-order chi connectivity index (χ0) is 10.8. The molecule has 0 spiro atoms. The molecular weight excluding hydrogens is 172 g/mol. The number of hydrogen-bond acceptors (Lipinski definition) is 2. The standard InChI is InChI=1S/C12H22N2/c1-11(2)8-9-12(13)7-5-4-6-10-14-3/h6,8-10,12,14H,1,4-5,7,13H2,2-3H3/b9-8-,10-6-. The van der Waals surface area contributed by atoms with Gasteiger partial charge in [-0.05, 0) is 32.4 Å². The fraction of sp³-hybridized carbons (Fsp3) is 0.500. The van der Waals surface area contributed by atoms with Crippen LogP contribution in [0.3, 0.4) is 0 Å². The first kappa shape index (κ1) is 13.0. The Balaban J connectivity index is 3.49. The van der Waals surface area contributed by atoms with Crippen LogP contribution in [0.2, 0.25) is 0 Å². The molecule has 1 unspecified atom stereocenters. The number of unbranched alkanes of at least 4 members (excludes halogenated alkanes) is 1. The maximum absolute atomic E-state index is 5.87. The fourth-order valence-electron chi connectivity index (χ4n) is 1.06. The molecule has 1 atom stereocenters. The van der Waals surface area contributed by atoms with Crippen molar-refractivity contribution in [1.29, 1.82) is 0 Å². The third-order valence-electron chi connectivity index (χ3n) is 1.82. The SMILES string of the molecule is C=C(C)/C=C\C(N)CCC/C=C\NC. The van der Waals surface area contributed by atoms with E-state index >= 15 is 0 Å². The van der Waals surface area contributed by atoms with Crippen LogP contribution in [0, 0.1) is 0 Å². The van der Waals surface area contributed by atoms with E-state index in [4.69, 9.17) is 5.73 Å². The Morgan fingerprint density at radius 3 is 2.86 bits per heavy atom. The zero-order valence-corrected chi connectivity index (χ0v) is 9.29. The molecule has 3 N–H and O–H groups in total. The van der Waals surface area contributed by atoms with E-state index in [0.29, 0.717) is 0 Å². The van der Waals surface area contributed by atoms with E-state index in [1.165, 1.54) is 0 Å². The van der Waals surface area contributed by atoms with Gasteiger partial charge >= 0.3 is 0 Å². The number of allylic oxidation sites excluding steroid dienone is 3. The van der Waals surface area contributed by atoms with Crippen LogP contribution < -0.4 is 11.1 Å². The smallest absolute Gasteiger partial charge is 0.0226 e. The summed E-state index contributed by atoms with van der Waals surface area (Å²) in [7, 11) is 1.90. The van der Waals surface area contributed by atoms with Crippen molar-refractivity contribution in [2.75, 3.05) is 7.05 Å². The van der Waals surface area contributed by atoms with E-state index in [9.17, 15) is 0 Å². The highest BCUT2D eigenvalue weighted by Gasteiger charge is 1.95. The van der Waals surface area contributed by atoms with E-state index in [0.717, 1.165) is 24.8 Å². The van der Waals surface area contributed by atoms with Gasteiger partial charge in [0.15, 0.2) is 0 Å². The van der Waals surface area contributed by atoms with Gasteiger partial charge in [-0.1, -0.05) is 30.4 Å². The van der Waals surface area contributed by atoms with Gasteiger partial charge in [-0.15, -0.1) is 0 Å². The van der Waals surface area contributed by atoms with Gasteiger partial charge in [-0.3, -0.25) is 0 Å². The second-order valence-electron chi connectivity index (χ2n) is 3.49. The van der Waals surface area contributed by atoms with E-state index < -0.39 is 0 Å². The van der Waals surface area contributed by atoms with Crippen molar-refractivity contribution >= 4 is 0 Å². The highest BCUT2D eigenvalue weighted by molar-refractivity contribution is 5.12. The molecule has 14 heavy (non-hydrogen) atoms. The van der Waals surface area contributed by atoms with Crippen molar-refractivity contribution < 1.29 is 0 Å². The summed E-state index contributed by atoms with van der Waals surface area (Å²) in [6.07, 6.45) is 11.3. The van der Waals surface area contributed by atoms with Crippen LogP contribution >= 0.6 is 0 Å². The Morgan fingerprint density at radius 2 is 2.29 bits per heavy atom. The molecule has 0 saturated heterocycles. The first-order valence-corrected chi connectivity index (χ1v) is 5.08. The molecule has 0 radical (unpaired) electrons. The predicted octanol–water partition coefficient (Wildman–Crippen LogP) is 2.35. The summed E-state index contributed by atoms with van der Waals surface area (Å²) < 4.78 is 0. The summed E-state index contributed by atoms with van der Waals surface area (Å²) in [4.78, 5) is 0. The molecule has 0 rings (SSSR count). The van der Waals surface area contributed by atoms with Crippen LogP contribution in [0.1, 0.15) is 26.2 Å². The highest BCUT2D eigenvalue weighted by atomic mass is 14.8. The van der Waals surface area contributed by atoms with Crippen LogP contribution in [0.4, 0.5) is 0 Å². The first-order valence-electron chi connectivity index (χ1n) is 5.08. The van der Waals surface area contributed by atoms with Crippen molar-refractivity contribution in [1.82, 2.24) is 5.32 Å². The summed E-state index contributed by atoms with van der Waals surface area (Å²) in [6, 6.07) is 0.162.